The second-order valence-electron chi connectivity index (χ2n) is 6.83. The van der Waals surface area contributed by atoms with Gasteiger partial charge in [0.1, 0.15) is 0 Å². The van der Waals surface area contributed by atoms with Crippen molar-refractivity contribution in [3.05, 3.63) is 40.7 Å². The fraction of sp³-hybridized carbons (Fsp3) is 0.524. The molecular weight excluding hydrogens is 294 g/mol. The molecule has 2 N–H and O–H groups in total. The van der Waals surface area contributed by atoms with Crippen LogP contribution in [0.1, 0.15) is 70.9 Å². The Labute approximate surface area is 146 Å². The van der Waals surface area contributed by atoms with Crippen LogP contribution in [0.25, 0.3) is 0 Å². The Balaban J connectivity index is 2.14. The minimum absolute atomic E-state index is 0.661. The molecule has 0 heterocycles. The molecule has 0 spiro atoms. The van der Waals surface area contributed by atoms with Crippen LogP contribution >= 0.6 is 0 Å². The third-order valence-electron chi connectivity index (χ3n) is 5.01. The number of anilines is 1. The maximum atomic E-state index is 5.86. The highest BCUT2D eigenvalue weighted by molar-refractivity contribution is 5.86. The minimum atomic E-state index is 0.661. The number of hydrogen-bond donors (Lipinski definition) is 1. The SMILES string of the molecule is CCc1cc(N)ccc1C=N/C(C)=C(\C)N=C(C)C1CCCCC1. The summed E-state index contributed by atoms with van der Waals surface area (Å²) in [6, 6.07) is 5.99. The number of hydrogen-bond acceptors (Lipinski definition) is 3. The van der Waals surface area contributed by atoms with Gasteiger partial charge in [-0.1, -0.05) is 32.3 Å². The molecule has 1 aliphatic rings. The van der Waals surface area contributed by atoms with Crippen molar-refractivity contribution in [2.24, 2.45) is 15.9 Å². The first-order valence-electron chi connectivity index (χ1n) is 9.16. The molecular formula is C21H31N3. The Morgan fingerprint density at radius 3 is 2.50 bits per heavy atom. The van der Waals surface area contributed by atoms with E-state index >= 15 is 0 Å². The Kier molecular flexibility index (Phi) is 6.77. The molecule has 1 aromatic rings. The average molecular weight is 326 g/mol. The molecule has 3 heteroatoms. The topological polar surface area (TPSA) is 50.7 Å². The molecule has 24 heavy (non-hydrogen) atoms. The number of benzene rings is 1. The van der Waals surface area contributed by atoms with Crippen LogP contribution in [0.3, 0.4) is 0 Å². The lowest BCUT2D eigenvalue weighted by atomic mass is 9.86. The van der Waals surface area contributed by atoms with Crippen LogP contribution in [0.4, 0.5) is 5.69 Å². The molecule has 1 aromatic carbocycles. The molecule has 0 atom stereocenters. The van der Waals surface area contributed by atoms with Gasteiger partial charge in [0.2, 0.25) is 0 Å². The number of allylic oxidation sites excluding steroid dienone is 2. The fourth-order valence-corrected chi connectivity index (χ4v) is 3.27. The standard InChI is InChI=1S/C21H31N3/c1-5-18-13-21(22)12-11-20(18)14-23-15(2)16(3)24-17(4)19-9-7-6-8-10-19/h11-14,19H,5-10,22H2,1-4H3/b16-15+,23-14?,24-17?. The maximum absolute atomic E-state index is 5.86. The molecule has 1 aliphatic carbocycles. The smallest absolute Gasteiger partial charge is 0.0584 e. The maximum Gasteiger partial charge on any atom is 0.0584 e. The van der Waals surface area contributed by atoms with E-state index < -0.39 is 0 Å². The van der Waals surface area contributed by atoms with Crippen molar-refractivity contribution in [1.82, 2.24) is 0 Å². The molecule has 0 aliphatic heterocycles. The summed E-state index contributed by atoms with van der Waals surface area (Å²) >= 11 is 0. The molecule has 1 fully saturated rings. The first-order valence-corrected chi connectivity index (χ1v) is 9.16. The molecule has 0 amide bonds. The van der Waals surface area contributed by atoms with Gasteiger partial charge in [-0.3, -0.25) is 9.98 Å². The summed E-state index contributed by atoms with van der Waals surface area (Å²) in [6.45, 7) is 8.40. The van der Waals surface area contributed by atoms with Crippen molar-refractivity contribution in [3.63, 3.8) is 0 Å². The van der Waals surface area contributed by atoms with Crippen molar-refractivity contribution in [2.45, 2.75) is 66.2 Å². The van der Waals surface area contributed by atoms with E-state index in [2.05, 4.69) is 25.8 Å². The number of aryl methyl sites for hydroxylation is 1. The van der Waals surface area contributed by atoms with E-state index in [9.17, 15) is 0 Å². The van der Waals surface area contributed by atoms with Gasteiger partial charge in [-0.15, -0.1) is 0 Å². The van der Waals surface area contributed by atoms with Crippen LogP contribution in [-0.2, 0) is 6.42 Å². The summed E-state index contributed by atoms with van der Waals surface area (Å²) in [5.41, 5.74) is 12.3. The second kappa shape index (κ2) is 8.81. The monoisotopic (exact) mass is 325 g/mol. The normalized spacial score (nSPS) is 18.1. The van der Waals surface area contributed by atoms with E-state index in [-0.39, 0.29) is 0 Å². The van der Waals surface area contributed by atoms with E-state index in [4.69, 9.17) is 10.7 Å². The highest BCUT2D eigenvalue weighted by Crippen LogP contribution is 2.25. The number of nitrogen functional groups attached to an aromatic ring is 1. The van der Waals surface area contributed by atoms with Gasteiger partial charge in [0.25, 0.3) is 0 Å². The molecule has 0 saturated heterocycles. The number of aliphatic imine (C=N–C) groups is 2. The van der Waals surface area contributed by atoms with Crippen molar-refractivity contribution >= 4 is 17.6 Å². The van der Waals surface area contributed by atoms with Gasteiger partial charge in [-0.2, -0.15) is 0 Å². The summed E-state index contributed by atoms with van der Waals surface area (Å²) in [5.74, 6) is 0.661. The molecule has 130 valence electrons. The highest BCUT2D eigenvalue weighted by Gasteiger charge is 2.16. The molecule has 0 unspecified atom stereocenters. The van der Waals surface area contributed by atoms with Gasteiger partial charge in [0, 0.05) is 17.6 Å². The predicted molar refractivity (Wildman–Crippen MR) is 106 cm³/mol. The second-order valence-corrected chi connectivity index (χ2v) is 6.83. The average Bonchev–Trinajstić information content (AvgIpc) is 2.60. The van der Waals surface area contributed by atoms with Gasteiger partial charge in [0.05, 0.1) is 11.4 Å². The Bertz CT molecular complexity index is 647. The van der Waals surface area contributed by atoms with Gasteiger partial charge < -0.3 is 5.73 Å². The van der Waals surface area contributed by atoms with E-state index in [1.54, 1.807) is 0 Å². The Hall–Kier alpha value is -1.90. The van der Waals surface area contributed by atoms with Crippen molar-refractivity contribution < 1.29 is 0 Å². The Morgan fingerprint density at radius 2 is 1.83 bits per heavy atom. The summed E-state index contributed by atoms with van der Waals surface area (Å²) in [6.07, 6.45) is 9.52. The number of nitrogens with two attached hydrogens (primary N) is 1. The summed E-state index contributed by atoms with van der Waals surface area (Å²) in [5, 5.41) is 0. The van der Waals surface area contributed by atoms with E-state index in [1.165, 1.54) is 43.4 Å². The van der Waals surface area contributed by atoms with Crippen LogP contribution < -0.4 is 5.73 Å². The summed E-state index contributed by atoms with van der Waals surface area (Å²) in [7, 11) is 0. The fourth-order valence-electron chi connectivity index (χ4n) is 3.27. The molecule has 1 saturated carbocycles. The zero-order valence-electron chi connectivity index (χ0n) is 15.6. The lowest BCUT2D eigenvalue weighted by Gasteiger charge is -2.21. The largest absolute Gasteiger partial charge is 0.399 e. The first kappa shape index (κ1) is 18.4. The molecule has 0 radical (unpaired) electrons. The zero-order chi connectivity index (χ0) is 17.5. The third-order valence-corrected chi connectivity index (χ3v) is 5.01. The lowest BCUT2D eigenvalue weighted by Crippen LogP contribution is -2.15. The van der Waals surface area contributed by atoms with Crippen molar-refractivity contribution in [2.75, 3.05) is 5.73 Å². The van der Waals surface area contributed by atoms with Crippen LogP contribution in [-0.4, -0.2) is 11.9 Å². The third kappa shape index (κ3) is 5.05. The first-order chi connectivity index (χ1) is 11.5. The van der Waals surface area contributed by atoms with E-state index in [1.807, 2.05) is 31.3 Å². The predicted octanol–water partition coefficient (Wildman–Crippen LogP) is 5.54. The summed E-state index contributed by atoms with van der Waals surface area (Å²) in [4.78, 5) is 9.47. The number of rotatable bonds is 5. The van der Waals surface area contributed by atoms with E-state index in [0.717, 1.165) is 29.1 Å². The lowest BCUT2D eigenvalue weighted by molar-refractivity contribution is 0.438. The van der Waals surface area contributed by atoms with Crippen molar-refractivity contribution in [3.8, 4) is 0 Å². The molecule has 3 nitrogen and oxygen atoms in total. The van der Waals surface area contributed by atoms with Crippen LogP contribution in [0.5, 0.6) is 0 Å². The minimum Gasteiger partial charge on any atom is -0.399 e. The van der Waals surface area contributed by atoms with Gasteiger partial charge >= 0.3 is 0 Å². The quantitative estimate of drug-likeness (QED) is 0.560. The van der Waals surface area contributed by atoms with Gasteiger partial charge in [0.15, 0.2) is 0 Å². The highest BCUT2D eigenvalue weighted by atomic mass is 14.8. The molecule has 0 bridgehead atoms. The van der Waals surface area contributed by atoms with Gasteiger partial charge in [-0.25, -0.2) is 0 Å². The molecule has 2 rings (SSSR count). The van der Waals surface area contributed by atoms with Crippen LogP contribution in [0.2, 0.25) is 0 Å². The zero-order valence-corrected chi connectivity index (χ0v) is 15.6. The number of nitrogens with zero attached hydrogens (tertiary/aromatic N) is 2. The Morgan fingerprint density at radius 1 is 1.12 bits per heavy atom. The van der Waals surface area contributed by atoms with Gasteiger partial charge in [-0.05, 0) is 69.2 Å². The van der Waals surface area contributed by atoms with E-state index in [0.29, 0.717) is 5.92 Å². The van der Waals surface area contributed by atoms with Crippen molar-refractivity contribution in [1.29, 1.82) is 0 Å². The van der Waals surface area contributed by atoms with Crippen LogP contribution in [0, 0.1) is 5.92 Å². The van der Waals surface area contributed by atoms with Crippen LogP contribution in [0.15, 0.2) is 39.6 Å². The summed E-state index contributed by atoms with van der Waals surface area (Å²) < 4.78 is 0. The molecule has 0 aromatic heterocycles.